The lowest BCUT2D eigenvalue weighted by atomic mass is 9.98. The average molecular weight is 254 g/mol. The molecule has 0 bridgehead atoms. The molecule has 0 aromatic heterocycles. The predicted molar refractivity (Wildman–Crippen MR) is 64.1 cm³/mol. The summed E-state index contributed by atoms with van der Waals surface area (Å²) in [5.74, 6) is -2.23. The van der Waals surface area contributed by atoms with Crippen LogP contribution in [0, 0.1) is 11.6 Å². The van der Waals surface area contributed by atoms with Crippen molar-refractivity contribution in [3.8, 4) is 0 Å². The van der Waals surface area contributed by atoms with Crippen LogP contribution in [0.15, 0.2) is 18.2 Å². The average Bonchev–Trinajstić information content (AvgIpc) is 2.28. The Balaban J connectivity index is 2.26. The molecule has 1 amide bonds. The van der Waals surface area contributed by atoms with Crippen molar-refractivity contribution in [2.75, 3.05) is 6.54 Å². The third kappa shape index (κ3) is 2.36. The molecule has 0 saturated carbocycles. The quantitative estimate of drug-likeness (QED) is 0.832. The third-order valence-corrected chi connectivity index (χ3v) is 3.35. The van der Waals surface area contributed by atoms with Gasteiger partial charge in [0.15, 0.2) is 0 Å². The summed E-state index contributed by atoms with van der Waals surface area (Å²) < 4.78 is 27.1. The summed E-state index contributed by atoms with van der Waals surface area (Å²) in [6.07, 6.45) is 1.31. The Morgan fingerprint density at radius 3 is 2.56 bits per heavy atom. The van der Waals surface area contributed by atoms with E-state index in [1.807, 2.05) is 6.92 Å². The fraction of sp³-hybridized carbons (Fsp3) is 0.462. The normalized spacial score (nSPS) is 24.1. The van der Waals surface area contributed by atoms with Gasteiger partial charge in [-0.2, -0.15) is 0 Å². The Bertz CT molecular complexity index is 444. The van der Waals surface area contributed by atoms with Gasteiger partial charge in [0.25, 0.3) is 5.91 Å². The standard InChI is InChI=1S/C13H16F2N2O/c1-8-7-9(16)5-6-17(8)13(18)12-10(14)3-2-4-11(12)15/h2-4,8-9H,5-7,16H2,1H3. The summed E-state index contributed by atoms with van der Waals surface area (Å²) in [7, 11) is 0. The topological polar surface area (TPSA) is 46.3 Å². The van der Waals surface area contributed by atoms with E-state index in [0.29, 0.717) is 19.4 Å². The Morgan fingerprint density at radius 1 is 1.39 bits per heavy atom. The first-order valence-electron chi connectivity index (χ1n) is 6.01. The monoisotopic (exact) mass is 254 g/mol. The maximum absolute atomic E-state index is 13.5. The smallest absolute Gasteiger partial charge is 0.260 e. The lowest BCUT2D eigenvalue weighted by Crippen LogP contribution is -2.48. The fourth-order valence-electron chi connectivity index (χ4n) is 2.36. The molecule has 2 unspecified atom stereocenters. The van der Waals surface area contributed by atoms with E-state index < -0.39 is 23.1 Å². The van der Waals surface area contributed by atoms with Gasteiger partial charge < -0.3 is 10.6 Å². The van der Waals surface area contributed by atoms with Crippen molar-refractivity contribution in [2.24, 2.45) is 5.73 Å². The van der Waals surface area contributed by atoms with Crippen LogP contribution in [0.5, 0.6) is 0 Å². The molecule has 18 heavy (non-hydrogen) atoms. The van der Waals surface area contributed by atoms with Gasteiger partial charge >= 0.3 is 0 Å². The Kier molecular flexibility index (Phi) is 3.61. The first kappa shape index (κ1) is 13.0. The van der Waals surface area contributed by atoms with Crippen LogP contribution in [-0.2, 0) is 0 Å². The van der Waals surface area contributed by atoms with Crippen molar-refractivity contribution >= 4 is 5.91 Å². The summed E-state index contributed by atoms with van der Waals surface area (Å²) >= 11 is 0. The number of carbonyl (C=O) groups excluding carboxylic acids is 1. The van der Waals surface area contributed by atoms with Gasteiger partial charge in [-0.25, -0.2) is 8.78 Å². The van der Waals surface area contributed by atoms with Crippen LogP contribution in [-0.4, -0.2) is 29.4 Å². The number of hydrogen-bond acceptors (Lipinski definition) is 2. The van der Waals surface area contributed by atoms with E-state index in [2.05, 4.69) is 0 Å². The second-order valence-corrected chi connectivity index (χ2v) is 4.73. The summed E-state index contributed by atoms with van der Waals surface area (Å²) in [6.45, 7) is 2.28. The molecule has 5 heteroatoms. The van der Waals surface area contributed by atoms with Crippen LogP contribution in [0.2, 0.25) is 0 Å². The minimum atomic E-state index is -0.818. The lowest BCUT2D eigenvalue weighted by Gasteiger charge is -2.36. The van der Waals surface area contributed by atoms with Crippen molar-refractivity contribution in [1.82, 2.24) is 4.90 Å². The van der Waals surface area contributed by atoms with E-state index in [0.717, 1.165) is 12.1 Å². The van der Waals surface area contributed by atoms with Crippen LogP contribution < -0.4 is 5.73 Å². The Labute approximate surface area is 105 Å². The van der Waals surface area contributed by atoms with E-state index in [-0.39, 0.29) is 12.1 Å². The number of piperidine rings is 1. The van der Waals surface area contributed by atoms with Crippen molar-refractivity contribution < 1.29 is 13.6 Å². The van der Waals surface area contributed by atoms with Gasteiger partial charge in [-0.3, -0.25) is 4.79 Å². The number of carbonyl (C=O) groups is 1. The number of nitrogens with two attached hydrogens (primary N) is 1. The summed E-state index contributed by atoms with van der Waals surface area (Å²) in [5, 5.41) is 0. The molecule has 1 aromatic carbocycles. The minimum Gasteiger partial charge on any atom is -0.336 e. The number of likely N-dealkylation sites (tertiary alicyclic amines) is 1. The molecule has 3 nitrogen and oxygen atoms in total. The highest BCUT2D eigenvalue weighted by atomic mass is 19.1. The highest BCUT2D eigenvalue weighted by Crippen LogP contribution is 2.21. The zero-order valence-electron chi connectivity index (χ0n) is 10.2. The molecule has 1 aromatic rings. The molecule has 0 radical (unpaired) electrons. The number of nitrogens with zero attached hydrogens (tertiary/aromatic N) is 1. The molecular formula is C13H16F2N2O. The van der Waals surface area contributed by atoms with E-state index >= 15 is 0 Å². The van der Waals surface area contributed by atoms with Gasteiger partial charge in [-0.05, 0) is 31.9 Å². The first-order chi connectivity index (χ1) is 8.50. The summed E-state index contributed by atoms with van der Waals surface area (Å²) in [5.41, 5.74) is 5.33. The van der Waals surface area contributed by atoms with Crippen molar-refractivity contribution in [3.63, 3.8) is 0 Å². The van der Waals surface area contributed by atoms with Gasteiger partial charge in [-0.1, -0.05) is 6.07 Å². The highest BCUT2D eigenvalue weighted by Gasteiger charge is 2.30. The molecule has 1 fully saturated rings. The number of amides is 1. The van der Waals surface area contributed by atoms with Crippen LogP contribution >= 0.6 is 0 Å². The van der Waals surface area contributed by atoms with E-state index in [4.69, 9.17) is 5.73 Å². The molecule has 0 spiro atoms. The Hall–Kier alpha value is -1.49. The molecule has 2 rings (SSSR count). The van der Waals surface area contributed by atoms with Gasteiger partial charge in [-0.15, -0.1) is 0 Å². The summed E-state index contributed by atoms with van der Waals surface area (Å²) in [4.78, 5) is 13.7. The van der Waals surface area contributed by atoms with Crippen LogP contribution in [0.4, 0.5) is 8.78 Å². The maximum atomic E-state index is 13.5. The largest absolute Gasteiger partial charge is 0.336 e. The minimum absolute atomic E-state index is 0.0505. The number of halogens is 2. The molecule has 0 aliphatic carbocycles. The molecular weight excluding hydrogens is 238 g/mol. The van der Waals surface area contributed by atoms with Gasteiger partial charge in [0.2, 0.25) is 0 Å². The first-order valence-corrected chi connectivity index (χ1v) is 6.01. The Morgan fingerprint density at radius 2 is 2.00 bits per heavy atom. The molecule has 1 aliphatic rings. The second-order valence-electron chi connectivity index (χ2n) is 4.73. The number of benzene rings is 1. The van der Waals surface area contributed by atoms with Crippen molar-refractivity contribution in [1.29, 1.82) is 0 Å². The molecule has 2 N–H and O–H groups in total. The fourth-order valence-corrected chi connectivity index (χ4v) is 2.36. The summed E-state index contributed by atoms with van der Waals surface area (Å²) in [6, 6.07) is 3.39. The van der Waals surface area contributed by atoms with E-state index in [1.54, 1.807) is 0 Å². The van der Waals surface area contributed by atoms with E-state index in [1.165, 1.54) is 11.0 Å². The van der Waals surface area contributed by atoms with Crippen molar-refractivity contribution in [2.45, 2.75) is 31.8 Å². The number of rotatable bonds is 1. The number of hydrogen-bond donors (Lipinski definition) is 1. The van der Waals surface area contributed by atoms with E-state index in [9.17, 15) is 13.6 Å². The van der Waals surface area contributed by atoms with Crippen LogP contribution in [0.1, 0.15) is 30.1 Å². The zero-order chi connectivity index (χ0) is 13.3. The zero-order valence-corrected chi connectivity index (χ0v) is 10.2. The van der Waals surface area contributed by atoms with Gasteiger partial charge in [0, 0.05) is 18.6 Å². The molecule has 2 atom stereocenters. The van der Waals surface area contributed by atoms with Gasteiger partial charge in [0.05, 0.1) is 0 Å². The third-order valence-electron chi connectivity index (χ3n) is 3.35. The van der Waals surface area contributed by atoms with Crippen molar-refractivity contribution in [3.05, 3.63) is 35.4 Å². The predicted octanol–water partition coefficient (Wildman–Crippen LogP) is 1.92. The molecule has 98 valence electrons. The molecule has 1 saturated heterocycles. The van der Waals surface area contributed by atoms with Crippen LogP contribution in [0.25, 0.3) is 0 Å². The second kappa shape index (κ2) is 5.02. The van der Waals surface area contributed by atoms with Gasteiger partial charge in [0.1, 0.15) is 17.2 Å². The van der Waals surface area contributed by atoms with Crippen LogP contribution in [0.3, 0.4) is 0 Å². The SMILES string of the molecule is CC1CC(N)CCN1C(=O)c1c(F)cccc1F. The maximum Gasteiger partial charge on any atom is 0.260 e. The molecule has 1 heterocycles. The molecule has 1 aliphatic heterocycles. The highest BCUT2D eigenvalue weighted by molar-refractivity contribution is 5.95. The lowest BCUT2D eigenvalue weighted by molar-refractivity contribution is 0.0609.